The topological polar surface area (TPSA) is 88.1 Å². The molecule has 0 bridgehead atoms. The normalized spacial score (nSPS) is 16.1. The van der Waals surface area contributed by atoms with Crippen LogP contribution in [0, 0.1) is 6.92 Å². The van der Waals surface area contributed by atoms with Gasteiger partial charge >= 0.3 is 0 Å². The molecule has 0 fully saturated rings. The number of ether oxygens (including phenoxy) is 2. The van der Waals surface area contributed by atoms with Crippen LogP contribution in [0.1, 0.15) is 22.9 Å². The first kappa shape index (κ1) is 17.1. The fraction of sp³-hybridized carbons (Fsp3) is 0.263. The Kier molecular flexibility index (Phi) is 4.18. The van der Waals surface area contributed by atoms with E-state index in [0.717, 1.165) is 27.4 Å². The Labute approximate surface area is 164 Å². The van der Waals surface area contributed by atoms with E-state index >= 15 is 0 Å². The van der Waals surface area contributed by atoms with Crippen molar-refractivity contribution in [3.63, 3.8) is 0 Å². The van der Waals surface area contributed by atoms with Crippen molar-refractivity contribution in [2.45, 2.75) is 26.2 Å². The molecule has 28 heavy (non-hydrogen) atoms. The number of thiophene rings is 1. The van der Waals surface area contributed by atoms with E-state index in [1.54, 1.807) is 18.4 Å². The van der Waals surface area contributed by atoms with E-state index in [1.165, 1.54) is 0 Å². The number of methoxy groups -OCH3 is 1. The van der Waals surface area contributed by atoms with Gasteiger partial charge in [-0.3, -0.25) is 0 Å². The zero-order valence-corrected chi connectivity index (χ0v) is 16.1. The number of aryl methyl sites for hydroxylation is 1. The zero-order valence-electron chi connectivity index (χ0n) is 15.3. The number of hydrogen-bond acceptors (Lipinski definition) is 8. The third-order valence-electron chi connectivity index (χ3n) is 4.78. The van der Waals surface area contributed by atoms with Crippen LogP contribution < -0.4 is 4.74 Å². The van der Waals surface area contributed by atoms with Crippen LogP contribution in [0.4, 0.5) is 0 Å². The van der Waals surface area contributed by atoms with E-state index in [1.807, 2.05) is 47.3 Å². The first-order valence-corrected chi connectivity index (χ1v) is 9.67. The molecule has 1 aliphatic rings. The van der Waals surface area contributed by atoms with Crippen LogP contribution in [0.2, 0.25) is 0 Å². The highest BCUT2D eigenvalue weighted by molar-refractivity contribution is 7.13. The van der Waals surface area contributed by atoms with Gasteiger partial charge in [-0.15, -0.1) is 16.4 Å². The van der Waals surface area contributed by atoms with Crippen LogP contribution in [0.15, 0.2) is 40.2 Å². The van der Waals surface area contributed by atoms with E-state index < -0.39 is 0 Å². The molecule has 0 spiro atoms. The standard InChI is InChI=1S/C19H17N5O3S/c1-11-7-8-28-17(11)19-20-18(22-27-19)16-14-10-26-15(9-24(14)23-21-16)12-3-5-13(25-2)6-4-12/h3-8,15H,9-10H2,1-2H3/t15-/m1/s1. The molecule has 4 heterocycles. The summed E-state index contributed by atoms with van der Waals surface area (Å²) in [7, 11) is 1.65. The first-order valence-electron chi connectivity index (χ1n) is 8.79. The predicted octanol–water partition coefficient (Wildman–Crippen LogP) is 3.65. The molecule has 0 amide bonds. The number of rotatable bonds is 4. The third-order valence-corrected chi connectivity index (χ3v) is 5.78. The summed E-state index contributed by atoms with van der Waals surface area (Å²) in [6.07, 6.45) is -0.0949. The average Bonchev–Trinajstić information content (AvgIpc) is 3.46. The molecular formula is C19H17N5O3S. The van der Waals surface area contributed by atoms with Crippen molar-refractivity contribution in [2.24, 2.45) is 0 Å². The van der Waals surface area contributed by atoms with Crippen molar-refractivity contribution in [1.29, 1.82) is 0 Å². The fourth-order valence-electron chi connectivity index (χ4n) is 3.21. The predicted molar refractivity (Wildman–Crippen MR) is 102 cm³/mol. The highest BCUT2D eigenvalue weighted by Crippen LogP contribution is 2.32. The zero-order chi connectivity index (χ0) is 19.1. The Hall–Kier alpha value is -3.04. The van der Waals surface area contributed by atoms with Gasteiger partial charge in [0, 0.05) is 0 Å². The van der Waals surface area contributed by atoms with Crippen LogP contribution in [-0.4, -0.2) is 32.2 Å². The van der Waals surface area contributed by atoms with Crippen LogP contribution in [0.5, 0.6) is 5.75 Å². The molecule has 1 aliphatic heterocycles. The van der Waals surface area contributed by atoms with Gasteiger partial charge in [0.05, 0.1) is 30.8 Å². The molecule has 0 radical (unpaired) electrons. The Morgan fingerprint density at radius 1 is 1.21 bits per heavy atom. The van der Waals surface area contributed by atoms with Gasteiger partial charge in [0.2, 0.25) is 5.82 Å². The molecule has 3 aromatic heterocycles. The molecule has 9 heteroatoms. The fourth-order valence-corrected chi connectivity index (χ4v) is 4.06. The summed E-state index contributed by atoms with van der Waals surface area (Å²) in [6.45, 7) is 2.97. The molecule has 5 rings (SSSR count). The SMILES string of the molecule is COc1ccc([C@H]2Cn3nnc(-c4noc(-c5sccc5C)n4)c3CO2)cc1. The van der Waals surface area contributed by atoms with Gasteiger partial charge < -0.3 is 14.0 Å². The quantitative estimate of drug-likeness (QED) is 0.521. The largest absolute Gasteiger partial charge is 0.497 e. The van der Waals surface area contributed by atoms with Gasteiger partial charge in [-0.25, -0.2) is 4.68 Å². The second-order valence-electron chi connectivity index (χ2n) is 6.50. The lowest BCUT2D eigenvalue weighted by atomic mass is 10.1. The molecule has 142 valence electrons. The lowest BCUT2D eigenvalue weighted by molar-refractivity contribution is -0.00114. The number of aromatic nitrogens is 5. The van der Waals surface area contributed by atoms with Crippen molar-refractivity contribution in [1.82, 2.24) is 25.1 Å². The van der Waals surface area contributed by atoms with E-state index in [2.05, 4.69) is 20.5 Å². The number of hydrogen-bond donors (Lipinski definition) is 0. The molecule has 1 aromatic carbocycles. The van der Waals surface area contributed by atoms with Crippen molar-refractivity contribution in [3.8, 4) is 28.0 Å². The van der Waals surface area contributed by atoms with E-state index in [0.29, 0.717) is 30.6 Å². The summed E-state index contributed by atoms with van der Waals surface area (Å²) >= 11 is 1.57. The van der Waals surface area contributed by atoms with Gasteiger partial charge in [-0.1, -0.05) is 22.5 Å². The van der Waals surface area contributed by atoms with Crippen LogP contribution in [-0.2, 0) is 17.9 Å². The minimum atomic E-state index is -0.0949. The highest BCUT2D eigenvalue weighted by atomic mass is 32.1. The summed E-state index contributed by atoms with van der Waals surface area (Å²) < 4.78 is 18.6. The Bertz CT molecular complexity index is 1120. The molecule has 4 aromatic rings. The van der Waals surface area contributed by atoms with Gasteiger partial charge in [0.1, 0.15) is 11.9 Å². The monoisotopic (exact) mass is 395 g/mol. The maximum atomic E-state index is 6.06. The smallest absolute Gasteiger partial charge is 0.268 e. The summed E-state index contributed by atoms with van der Waals surface area (Å²) in [6, 6.07) is 9.88. The van der Waals surface area contributed by atoms with Gasteiger partial charge in [-0.2, -0.15) is 4.98 Å². The molecule has 0 aliphatic carbocycles. The Morgan fingerprint density at radius 2 is 2.07 bits per heavy atom. The van der Waals surface area contributed by atoms with Crippen molar-refractivity contribution in [2.75, 3.05) is 7.11 Å². The van der Waals surface area contributed by atoms with E-state index in [-0.39, 0.29) is 6.10 Å². The second kappa shape index (κ2) is 6.84. The summed E-state index contributed by atoms with van der Waals surface area (Å²) in [5.74, 6) is 1.74. The molecule has 0 saturated carbocycles. The average molecular weight is 395 g/mol. The van der Waals surface area contributed by atoms with Crippen LogP contribution in [0.3, 0.4) is 0 Å². The Balaban J connectivity index is 1.40. The van der Waals surface area contributed by atoms with Crippen molar-refractivity contribution in [3.05, 3.63) is 52.5 Å². The van der Waals surface area contributed by atoms with Gasteiger partial charge in [0.25, 0.3) is 5.89 Å². The lowest BCUT2D eigenvalue weighted by Gasteiger charge is -2.24. The third kappa shape index (κ3) is 2.88. The van der Waals surface area contributed by atoms with Crippen LogP contribution in [0.25, 0.3) is 22.3 Å². The summed E-state index contributed by atoms with van der Waals surface area (Å²) in [4.78, 5) is 5.48. The van der Waals surface area contributed by atoms with E-state index in [9.17, 15) is 0 Å². The van der Waals surface area contributed by atoms with Gasteiger partial charge in [0.15, 0.2) is 5.69 Å². The molecule has 0 N–H and O–H groups in total. The second-order valence-corrected chi connectivity index (χ2v) is 7.41. The number of benzene rings is 1. The highest BCUT2D eigenvalue weighted by Gasteiger charge is 2.28. The molecular weight excluding hydrogens is 378 g/mol. The maximum Gasteiger partial charge on any atom is 0.268 e. The maximum absolute atomic E-state index is 6.06. The Morgan fingerprint density at radius 3 is 2.82 bits per heavy atom. The minimum Gasteiger partial charge on any atom is -0.497 e. The molecule has 8 nitrogen and oxygen atoms in total. The van der Waals surface area contributed by atoms with Crippen LogP contribution >= 0.6 is 11.3 Å². The van der Waals surface area contributed by atoms with Crippen molar-refractivity contribution >= 4 is 11.3 Å². The molecule has 1 atom stereocenters. The molecule has 0 saturated heterocycles. The summed E-state index contributed by atoms with van der Waals surface area (Å²) in [5, 5.41) is 14.6. The lowest BCUT2D eigenvalue weighted by Crippen LogP contribution is -2.22. The minimum absolute atomic E-state index is 0.0949. The van der Waals surface area contributed by atoms with Crippen molar-refractivity contribution < 1.29 is 14.0 Å². The number of nitrogens with zero attached hydrogens (tertiary/aromatic N) is 5. The number of fused-ring (bicyclic) bond motifs is 1. The summed E-state index contributed by atoms with van der Waals surface area (Å²) in [5.41, 5.74) is 3.62. The molecule has 0 unspecified atom stereocenters. The first-order chi connectivity index (χ1) is 13.7. The van der Waals surface area contributed by atoms with Gasteiger partial charge in [-0.05, 0) is 41.6 Å². The van der Waals surface area contributed by atoms with E-state index in [4.69, 9.17) is 14.0 Å².